The number of benzene rings is 1. The molecule has 0 aliphatic carbocycles. The number of amides is 1. The highest BCUT2D eigenvalue weighted by Gasteiger charge is 2.16. The molecular weight excluding hydrogens is 497 g/mol. The van der Waals surface area contributed by atoms with E-state index in [2.05, 4.69) is 15.4 Å². The summed E-state index contributed by atoms with van der Waals surface area (Å²) in [5.74, 6) is 0.0530. The molecule has 4 aromatic rings. The van der Waals surface area contributed by atoms with Crippen molar-refractivity contribution in [2.24, 2.45) is 7.05 Å². The van der Waals surface area contributed by atoms with Gasteiger partial charge in [0, 0.05) is 73.0 Å². The number of fused-ring (bicyclic) bond motifs is 1. The third kappa shape index (κ3) is 6.40. The highest BCUT2D eigenvalue weighted by atomic mass is 35.5. The first kappa shape index (κ1) is 26.5. The van der Waals surface area contributed by atoms with E-state index in [1.165, 1.54) is 12.1 Å². The van der Waals surface area contributed by atoms with Crippen molar-refractivity contribution in [2.45, 2.75) is 46.1 Å². The Hall–Kier alpha value is -3.59. The Balaban J connectivity index is 1.50. The quantitative estimate of drug-likeness (QED) is 0.326. The summed E-state index contributed by atoms with van der Waals surface area (Å²) >= 11 is 6.24. The maximum absolute atomic E-state index is 14.1. The number of alkyl carbamates (subject to hydrolysis) is 1. The van der Waals surface area contributed by atoms with Crippen molar-refractivity contribution in [2.75, 3.05) is 13.2 Å². The van der Waals surface area contributed by atoms with Crippen LogP contribution in [-0.2, 0) is 24.6 Å². The van der Waals surface area contributed by atoms with Gasteiger partial charge in [-0.2, -0.15) is 5.10 Å². The van der Waals surface area contributed by atoms with Crippen molar-refractivity contribution < 1.29 is 18.7 Å². The minimum absolute atomic E-state index is 0.317. The molecule has 4 rings (SSSR count). The summed E-state index contributed by atoms with van der Waals surface area (Å²) in [5.41, 5.74) is 4.60. The van der Waals surface area contributed by atoms with Gasteiger partial charge in [0.05, 0.1) is 6.61 Å². The average Bonchev–Trinajstić information content (AvgIpc) is 3.32. The zero-order chi connectivity index (χ0) is 26.7. The highest BCUT2D eigenvalue weighted by Crippen LogP contribution is 2.32. The molecule has 8 nitrogen and oxygen atoms in total. The maximum atomic E-state index is 14.1. The van der Waals surface area contributed by atoms with Crippen LogP contribution in [-0.4, -0.2) is 44.0 Å². The Kier molecular flexibility index (Phi) is 7.73. The van der Waals surface area contributed by atoms with Crippen LogP contribution in [0.4, 0.5) is 9.18 Å². The number of rotatable bonds is 8. The molecule has 1 N–H and O–H groups in total. The largest absolute Gasteiger partial charge is 0.492 e. The first-order valence-electron chi connectivity index (χ1n) is 12.1. The molecule has 0 aliphatic heterocycles. The van der Waals surface area contributed by atoms with Gasteiger partial charge in [0.15, 0.2) is 5.15 Å². The molecule has 0 fully saturated rings. The number of hydrogen-bond donors (Lipinski definition) is 1. The molecule has 0 unspecified atom stereocenters. The lowest BCUT2D eigenvalue weighted by Crippen LogP contribution is -2.33. The van der Waals surface area contributed by atoms with E-state index in [9.17, 15) is 9.18 Å². The van der Waals surface area contributed by atoms with Crippen molar-refractivity contribution >= 4 is 23.3 Å². The Morgan fingerprint density at radius 1 is 1.19 bits per heavy atom. The lowest BCUT2D eigenvalue weighted by molar-refractivity contribution is 0.0528. The van der Waals surface area contributed by atoms with Gasteiger partial charge in [-0.05, 0) is 52.0 Å². The fraction of sp³-hybridized carbons (Fsp3) is 0.370. The lowest BCUT2D eigenvalue weighted by atomic mass is 10.1. The van der Waals surface area contributed by atoms with E-state index in [1.54, 1.807) is 16.9 Å². The summed E-state index contributed by atoms with van der Waals surface area (Å²) in [6, 6.07) is 8.32. The van der Waals surface area contributed by atoms with Crippen LogP contribution in [0.1, 0.15) is 37.7 Å². The van der Waals surface area contributed by atoms with E-state index < -0.39 is 11.7 Å². The molecule has 0 saturated carbocycles. The zero-order valence-corrected chi connectivity index (χ0v) is 22.4. The second kappa shape index (κ2) is 10.8. The van der Waals surface area contributed by atoms with E-state index in [-0.39, 0.29) is 5.82 Å². The molecule has 3 aromatic heterocycles. The van der Waals surface area contributed by atoms with Gasteiger partial charge in [0.1, 0.15) is 22.8 Å². The van der Waals surface area contributed by atoms with Gasteiger partial charge >= 0.3 is 6.09 Å². The third-order valence-electron chi connectivity index (χ3n) is 5.90. The Morgan fingerprint density at radius 3 is 2.68 bits per heavy atom. The standard InChI is InChI=1S/C27H31ClFN5O3/c1-17-21(25(28)32-33(17)5)11-13-36-23-14-19(29)7-8-22(23)18-6-9-24-31-15-20(34(24)16-18)10-12-30-26(35)37-27(2,3)4/h6-9,14-16H,10-13H2,1-5H3,(H,30,35). The molecule has 1 amide bonds. The number of imidazole rings is 1. The third-order valence-corrected chi connectivity index (χ3v) is 6.21. The number of pyridine rings is 1. The molecule has 0 atom stereocenters. The van der Waals surface area contributed by atoms with Crippen molar-refractivity contribution in [3.05, 3.63) is 70.6 Å². The van der Waals surface area contributed by atoms with Crippen LogP contribution in [0.2, 0.25) is 5.15 Å². The highest BCUT2D eigenvalue weighted by molar-refractivity contribution is 6.30. The molecule has 37 heavy (non-hydrogen) atoms. The molecule has 1 aromatic carbocycles. The van der Waals surface area contributed by atoms with Crippen LogP contribution in [0.15, 0.2) is 42.7 Å². The predicted octanol–water partition coefficient (Wildman–Crippen LogP) is 5.52. The van der Waals surface area contributed by atoms with Crippen molar-refractivity contribution in [3.8, 4) is 16.9 Å². The van der Waals surface area contributed by atoms with E-state index >= 15 is 0 Å². The van der Waals surface area contributed by atoms with Gasteiger partial charge in [-0.25, -0.2) is 14.2 Å². The number of aromatic nitrogens is 4. The average molecular weight is 528 g/mol. The number of halogens is 2. The second-order valence-corrected chi connectivity index (χ2v) is 10.1. The number of hydrogen-bond acceptors (Lipinski definition) is 5. The number of nitrogens with one attached hydrogen (secondary N) is 1. The van der Waals surface area contributed by atoms with Gasteiger partial charge < -0.3 is 19.2 Å². The van der Waals surface area contributed by atoms with Gasteiger partial charge in [-0.15, -0.1) is 0 Å². The minimum Gasteiger partial charge on any atom is -0.492 e. The predicted molar refractivity (Wildman–Crippen MR) is 141 cm³/mol. The maximum Gasteiger partial charge on any atom is 0.407 e. The van der Waals surface area contributed by atoms with Crippen molar-refractivity contribution in [1.82, 2.24) is 24.5 Å². The SMILES string of the molecule is Cc1c(CCOc2cc(F)ccc2-c2ccc3ncc(CCNC(=O)OC(C)(C)C)n3c2)c(Cl)nn1C. The smallest absolute Gasteiger partial charge is 0.407 e. The second-order valence-electron chi connectivity index (χ2n) is 9.79. The molecule has 196 valence electrons. The summed E-state index contributed by atoms with van der Waals surface area (Å²) in [6.45, 7) is 8.12. The summed E-state index contributed by atoms with van der Waals surface area (Å²) < 4.78 is 29.1. The molecule has 0 aliphatic rings. The van der Waals surface area contributed by atoms with Crippen molar-refractivity contribution in [1.29, 1.82) is 0 Å². The molecule has 0 bridgehead atoms. The van der Waals surface area contributed by atoms with Gasteiger partial charge in [0.2, 0.25) is 0 Å². The summed E-state index contributed by atoms with van der Waals surface area (Å²) in [6.07, 6.45) is 4.36. The number of carbonyl (C=O) groups excluding carboxylic acids is 1. The van der Waals surface area contributed by atoms with Gasteiger partial charge in [0.25, 0.3) is 0 Å². The fourth-order valence-electron chi connectivity index (χ4n) is 3.99. The summed E-state index contributed by atoms with van der Waals surface area (Å²) in [5, 5.41) is 7.44. The number of aryl methyl sites for hydroxylation is 1. The minimum atomic E-state index is -0.555. The Morgan fingerprint density at radius 2 is 1.97 bits per heavy atom. The van der Waals surface area contributed by atoms with Crippen LogP contribution in [0, 0.1) is 12.7 Å². The van der Waals surface area contributed by atoms with E-state index in [1.807, 2.05) is 57.5 Å². The molecule has 0 spiro atoms. The van der Waals surface area contributed by atoms with Crippen LogP contribution in [0.25, 0.3) is 16.8 Å². The van der Waals surface area contributed by atoms with Crippen molar-refractivity contribution in [3.63, 3.8) is 0 Å². The van der Waals surface area contributed by atoms with E-state index in [0.29, 0.717) is 36.9 Å². The van der Waals surface area contributed by atoms with Crippen LogP contribution < -0.4 is 10.1 Å². The topological polar surface area (TPSA) is 82.7 Å². The first-order valence-corrected chi connectivity index (χ1v) is 12.4. The monoisotopic (exact) mass is 527 g/mol. The number of ether oxygens (including phenoxy) is 2. The van der Waals surface area contributed by atoms with Gasteiger partial charge in [-0.3, -0.25) is 4.68 Å². The van der Waals surface area contributed by atoms with Crippen LogP contribution >= 0.6 is 11.6 Å². The summed E-state index contributed by atoms with van der Waals surface area (Å²) in [4.78, 5) is 16.4. The van der Waals surface area contributed by atoms with Gasteiger partial charge in [-0.1, -0.05) is 11.6 Å². The Labute approximate surface area is 220 Å². The number of carbonyl (C=O) groups is 1. The first-order chi connectivity index (χ1) is 17.5. The fourth-order valence-corrected chi connectivity index (χ4v) is 4.34. The molecule has 10 heteroatoms. The molecule has 0 saturated heterocycles. The van der Waals surface area contributed by atoms with Crippen LogP contribution in [0.3, 0.4) is 0 Å². The normalized spacial score (nSPS) is 11.6. The number of nitrogens with zero attached hydrogens (tertiary/aromatic N) is 4. The van der Waals surface area contributed by atoms with E-state index in [0.717, 1.165) is 33.7 Å². The zero-order valence-electron chi connectivity index (χ0n) is 21.6. The summed E-state index contributed by atoms with van der Waals surface area (Å²) in [7, 11) is 1.84. The molecule has 0 radical (unpaired) electrons. The molecular formula is C27H31ClFN5O3. The van der Waals surface area contributed by atoms with Crippen LogP contribution in [0.5, 0.6) is 5.75 Å². The Bertz CT molecular complexity index is 1420. The lowest BCUT2D eigenvalue weighted by Gasteiger charge is -2.19. The molecule has 3 heterocycles. The van der Waals surface area contributed by atoms with E-state index in [4.69, 9.17) is 21.1 Å².